The largest absolute Gasteiger partial charge is 0.480 e. The molecule has 1 aliphatic rings. The van der Waals surface area contributed by atoms with E-state index < -0.39 is 80.1 Å². The molecule has 14 nitrogen and oxygen atoms in total. The molecule has 0 bridgehead atoms. The van der Waals surface area contributed by atoms with Crippen molar-refractivity contribution in [3.8, 4) is 0 Å². The van der Waals surface area contributed by atoms with Gasteiger partial charge in [0, 0.05) is 0 Å². The number of hydrogen-bond donors (Lipinski definition) is 8. The Morgan fingerprint density at radius 3 is 2.31 bits per heavy atom. The van der Waals surface area contributed by atoms with Crippen molar-refractivity contribution >= 4 is 23.7 Å². The molecule has 0 spiro atoms. The third kappa shape index (κ3) is 8.64. The topological polar surface area (TPSA) is 230 Å². The minimum atomic E-state index is -1.54. The van der Waals surface area contributed by atoms with E-state index in [-0.39, 0.29) is 12.5 Å². The Bertz CT molecular complexity index is 664. The summed E-state index contributed by atoms with van der Waals surface area (Å²) in [6.45, 7) is 1.71. The molecule has 1 fully saturated rings. The molecule has 0 aromatic heterocycles. The van der Waals surface area contributed by atoms with Gasteiger partial charge < -0.3 is 51.6 Å². The zero-order valence-electron chi connectivity index (χ0n) is 17.9. The van der Waals surface area contributed by atoms with Crippen molar-refractivity contribution in [3.05, 3.63) is 0 Å². The Balaban J connectivity index is 2.47. The number of rotatable bonds is 12. The lowest BCUT2D eigenvalue weighted by atomic mass is 9.98. The van der Waals surface area contributed by atoms with Crippen LogP contribution in [0.5, 0.6) is 0 Å². The minimum Gasteiger partial charge on any atom is -0.480 e. The number of aliphatic hydroxyl groups is 3. The van der Waals surface area contributed by atoms with E-state index in [0.717, 1.165) is 0 Å². The number of carbonyl (C=O) groups is 4. The summed E-state index contributed by atoms with van der Waals surface area (Å²) in [5.41, 5.74) is 5.68. The summed E-state index contributed by atoms with van der Waals surface area (Å²) in [6, 6.07) is -2.24. The van der Waals surface area contributed by atoms with Gasteiger partial charge in [0.1, 0.15) is 36.9 Å². The van der Waals surface area contributed by atoms with Crippen molar-refractivity contribution in [1.82, 2.24) is 16.0 Å². The Morgan fingerprint density at radius 1 is 1.09 bits per heavy atom. The van der Waals surface area contributed by atoms with Crippen molar-refractivity contribution in [2.24, 2.45) is 11.7 Å². The highest BCUT2D eigenvalue weighted by Gasteiger charge is 2.38. The van der Waals surface area contributed by atoms with Gasteiger partial charge in [-0.05, 0) is 5.92 Å². The fourth-order valence-electron chi connectivity index (χ4n) is 2.70. The van der Waals surface area contributed by atoms with Crippen molar-refractivity contribution in [1.29, 1.82) is 0 Å². The molecule has 0 aromatic carbocycles. The highest BCUT2D eigenvalue weighted by Crippen LogP contribution is 2.16. The highest BCUT2D eigenvalue weighted by molar-refractivity contribution is 5.92. The second-order valence-corrected chi connectivity index (χ2v) is 7.45. The third-order valence-electron chi connectivity index (χ3n) is 4.88. The average Bonchev–Trinajstić information content (AvgIpc) is 2.76. The fraction of sp³-hybridized carbons (Fsp3) is 0.778. The van der Waals surface area contributed by atoms with Gasteiger partial charge in [0.25, 0.3) is 0 Å². The molecular formula is C18H32N4O10. The molecule has 1 rings (SSSR count). The van der Waals surface area contributed by atoms with Gasteiger partial charge in [0.15, 0.2) is 6.29 Å². The Labute approximate surface area is 184 Å². The Kier molecular flexibility index (Phi) is 11.5. The van der Waals surface area contributed by atoms with Crippen LogP contribution in [-0.2, 0) is 28.7 Å². The molecule has 184 valence electrons. The molecule has 7 unspecified atom stereocenters. The minimum absolute atomic E-state index is 0.276. The summed E-state index contributed by atoms with van der Waals surface area (Å²) < 4.78 is 10.2. The maximum absolute atomic E-state index is 12.2. The number of carbonyl (C=O) groups excluding carboxylic acids is 3. The number of aliphatic carboxylic acids is 1. The van der Waals surface area contributed by atoms with Gasteiger partial charge in [0.2, 0.25) is 17.7 Å². The number of nitrogens with two attached hydrogens (primary N) is 1. The fourth-order valence-corrected chi connectivity index (χ4v) is 2.70. The molecule has 9 N–H and O–H groups in total. The number of hydrogen-bond acceptors (Lipinski definition) is 10. The molecule has 32 heavy (non-hydrogen) atoms. The van der Waals surface area contributed by atoms with Gasteiger partial charge in [-0.25, -0.2) is 0 Å². The quantitative estimate of drug-likeness (QED) is 0.137. The molecule has 14 heteroatoms. The van der Waals surface area contributed by atoms with Crippen molar-refractivity contribution in [2.75, 3.05) is 26.3 Å². The first-order chi connectivity index (χ1) is 15.0. The number of carboxylic acid groups (broad SMARTS) is 1. The second-order valence-electron chi connectivity index (χ2n) is 7.45. The monoisotopic (exact) mass is 464 g/mol. The van der Waals surface area contributed by atoms with Crippen LogP contribution in [0, 0.1) is 5.92 Å². The lowest BCUT2D eigenvalue weighted by Crippen LogP contribution is -2.55. The first-order valence-corrected chi connectivity index (χ1v) is 10.1. The summed E-state index contributed by atoms with van der Waals surface area (Å²) in [5.74, 6) is -3.64. The standard InChI is InChI=1S/C18H32N4O10/c1-3-8(2)13(17(30)21-5-12(25)26)22-11(24)4-20-16(29)9(19)6-31-18-15(28)14(27)10(23)7-32-18/h8-10,13-15,18,23,27-28H,3-7,19H2,1-2H3,(H,20,29)(H,21,30)(H,22,24)(H,25,26). The van der Waals surface area contributed by atoms with Crippen molar-refractivity contribution in [2.45, 2.75) is 57.0 Å². The summed E-state index contributed by atoms with van der Waals surface area (Å²) >= 11 is 0. The smallest absolute Gasteiger partial charge is 0.322 e. The van der Waals surface area contributed by atoms with Crippen molar-refractivity contribution in [3.63, 3.8) is 0 Å². The van der Waals surface area contributed by atoms with Crippen LogP contribution >= 0.6 is 0 Å². The summed E-state index contributed by atoms with van der Waals surface area (Å²) in [7, 11) is 0. The second kappa shape index (κ2) is 13.2. The van der Waals surface area contributed by atoms with E-state index in [1.165, 1.54) is 0 Å². The van der Waals surface area contributed by atoms with E-state index in [0.29, 0.717) is 6.42 Å². The van der Waals surface area contributed by atoms with Gasteiger partial charge in [-0.2, -0.15) is 0 Å². The van der Waals surface area contributed by atoms with E-state index in [9.17, 15) is 34.5 Å². The predicted octanol–water partition coefficient (Wildman–Crippen LogP) is -4.38. The molecule has 1 aliphatic heterocycles. The van der Waals surface area contributed by atoms with E-state index in [4.69, 9.17) is 20.3 Å². The van der Waals surface area contributed by atoms with E-state index in [1.807, 2.05) is 0 Å². The number of nitrogens with one attached hydrogen (secondary N) is 3. The van der Waals surface area contributed by atoms with Crippen LogP contribution in [0.25, 0.3) is 0 Å². The van der Waals surface area contributed by atoms with Gasteiger partial charge in [-0.3, -0.25) is 19.2 Å². The predicted molar refractivity (Wildman–Crippen MR) is 107 cm³/mol. The lowest BCUT2D eigenvalue weighted by molar-refractivity contribution is -0.270. The summed E-state index contributed by atoms with van der Waals surface area (Å²) in [4.78, 5) is 47.0. The molecule has 1 saturated heterocycles. The number of carboxylic acids is 1. The molecule has 0 aromatic rings. The number of aliphatic hydroxyl groups excluding tert-OH is 3. The van der Waals surface area contributed by atoms with Gasteiger partial charge in [0.05, 0.1) is 19.8 Å². The number of ether oxygens (including phenoxy) is 2. The SMILES string of the molecule is CCC(C)C(NC(=O)CNC(=O)C(N)COC1OCC(O)C(O)C1O)C(=O)NCC(=O)O. The van der Waals surface area contributed by atoms with E-state index in [2.05, 4.69) is 16.0 Å². The third-order valence-corrected chi connectivity index (χ3v) is 4.88. The normalized spacial score (nSPS) is 25.8. The number of amides is 3. The van der Waals surface area contributed by atoms with Crippen LogP contribution in [-0.4, -0.2) is 107 Å². The van der Waals surface area contributed by atoms with Gasteiger partial charge >= 0.3 is 5.97 Å². The highest BCUT2D eigenvalue weighted by atomic mass is 16.7. The summed E-state index contributed by atoms with van der Waals surface area (Å²) in [5, 5.41) is 44.3. The van der Waals surface area contributed by atoms with Gasteiger partial charge in [-0.15, -0.1) is 0 Å². The maximum atomic E-state index is 12.2. The summed E-state index contributed by atoms with van der Waals surface area (Å²) in [6.07, 6.45) is -5.05. The van der Waals surface area contributed by atoms with Crippen LogP contribution < -0.4 is 21.7 Å². The van der Waals surface area contributed by atoms with Crippen LogP contribution in [0.15, 0.2) is 0 Å². The molecule has 7 atom stereocenters. The zero-order chi connectivity index (χ0) is 24.4. The van der Waals surface area contributed by atoms with Crippen molar-refractivity contribution < 1.29 is 49.1 Å². The van der Waals surface area contributed by atoms with E-state index in [1.54, 1.807) is 13.8 Å². The molecule has 0 aliphatic carbocycles. The average molecular weight is 464 g/mol. The van der Waals surface area contributed by atoms with E-state index >= 15 is 0 Å². The molecule has 1 heterocycles. The van der Waals surface area contributed by atoms with Crippen LogP contribution in [0.2, 0.25) is 0 Å². The first kappa shape index (κ1) is 27.7. The molecule has 3 amide bonds. The van der Waals surface area contributed by atoms with Gasteiger partial charge in [-0.1, -0.05) is 20.3 Å². The Morgan fingerprint density at radius 2 is 1.72 bits per heavy atom. The lowest BCUT2D eigenvalue weighted by Gasteiger charge is -2.35. The van der Waals surface area contributed by atoms with Crippen LogP contribution in [0.1, 0.15) is 20.3 Å². The zero-order valence-corrected chi connectivity index (χ0v) is 17.9. The molecule has 0 saturated carbocycles. The van der Waals surface area contributed by atoms with Crippen LogP contribution in [0.4, 0.5) is 0 Å². The van der Waals surface area contributed by atoms with Crippen LogP contribution in [0.3, 0.4) is 0 Å². The molecular weight excluding hydrogens is 432 g/mol. The maximum Gasteiger partial charge on any atom is 0.322 e. The first-order valence-electron chi connectivity index (χ1n) is 10.1. The Hall–Kier alpha value is -2.36. The molecule has 0 radical (unpaired) electrons.